The lowest BCUT2D eigenvalue weighted by Gasteiger charge is -2.38. The van der Waals surface area contributed by atoms with Crippen molar-refractivity contribution in [2.45, 2.75) is 62.4 Å². The highest BCUT2D eigenvalue weighted by Gasteiger charge is 2.45. The van der Waals surface area contributed by atoms with Crippen molar-refractivity contribution in [3.8, 4) is 0 Å². The Hall–Kier alpha value is -3.74. The molecule has 1 heterocycles. The summed E-state index contributed by atoms with van der Waals surface area (Å²) in [7, 11) is 0. The van der Waals surface area contributed by atoms with Crippen LogP contribution in [-0.2, 0) is 11.2 Å². The average molecular weight is 545 g/mol. The van der Waals surface area contributed by atoms with Crippen LogP contribution in [0.4, 0.5) is 13.6 Å². The molecular formula is C27H30F2N4O6. The van der Waals surface area contributed by atoms with Gasteiger partial charge in [0.25, 0.3) is 11.8 Å². The van der Waals surface area contributed by atoms with Crippen LogP contribution in [0.1, 0.15) is 41.7 Å². The molecule has 1 fully saturated rings. The number of nitrogens with zero attached hydrogens (tertiary/aromatic N) is 2. The first-order valence-corrected chi connectivity index (χ1v) is 12.6. The van der Waals surface area contributed by atoms with Gasteiger partial charge in [-0.3, -0.25) is 15.0 Å². The SMILES string of the molecule is O=C(NO)OC(CC(O)C(Cc1ccccc1)NC(=O)c1cnc2ccccc2n1)C1CCC(F)(F)CC1O. The molecule has 208 valence electrons. The van der Waals surface area contributed by atoms with Gasteiger partial charge in [0.2, 0.25) is 0 Å². The number of carbonyl (C=O) groups excluding carboxylic acids is 2. The van der Waals surface area contributed by atoms with E-state index < -0.39 is 61.0 Å². The molecule has 0 saturated heterocycles. The summed E-state index contributed by atoms with van der Waals surface area (Å²) in [4.78, 5) is 33.6. The number of halogens is 2. The maximum atomic E-state index is 13.8. The molecule has 10 nitrogen and oxygen atoms in total. The van der Waals surface area contributed by atoms with Crippen LogP contribution in [0.15, 0.2) is 60.8 Å². The molecular weight excluding hydrogens is 514 g/mol. The summed E-state index contributed by atoms with van der Waals surface area (Å²) in [6.45, 7) is 0. The van der Waals surface area contributed by atoms with Gasteiger partial charge in [-0.25, -0.2) is 24.0 Å². The summed E-state index contributed by atoms with van der Waals surface area (Å²) in [6.07, 6.45) is -5.66. The fraction of sp³-hybridized carbons (Fsp3) is 0.407. The van der Waals surface area contributed by atoms with E-state index in [4.69, 9.17) is 9.94 Å². The number of amides is 2. The molecule has 0 spiro atoms. The molecule has 1 aliphatic carbocycles. The Balaban J connectivity index is 1.56. The summed E-state index contributed by atoms with van der Waals surface area (Å²) in [5, 5.41) is 33.4. The number of aliphatic hydroxyl groups excluding tert-OH is 2. The van der Waals surface area contributed by atoms with Crippen molar-refractivity contribution in [1.82, 2.24) is 20.8 Å². The number of carbonyl (C=O) groups is 2. The Bertz CT molecular complexity index is 1280. The first-order valence-electron chi connectivity index (χ1n) is 12.6. The summed E-state index contributed by atoms with van der Waals surface area (Å²) in [5.74, 6) is -4.59. The number of ether oxygens (including phenoxy) is 1. The number of hydrogen-bond acceptors (Lipinski definition) is 8. The maximum absolute atomic E-state index is 13.8. The monoisotopic (exact) mass is 544 g/mol. The zero-order valence-corrected chi connectivity index (χ0v) is 20.9. The molecule has 1 aliphatic rings. The van der Waals surface area contributed by atoms with E-state index in [-0.39, 0.29) is 25.0 Å². The molecule has 5 unspecified atom stereocenters. The minimum absolute atomic E-state index is 0.0244. The molecule has 2 amide bonds. The number of benzene rings is 2. The molecule has 2 aromatic carbocycles. The van der Waals surface area contributed by atoms with Gasteiger partial charge in [-0.2, -0.15) is 0 Å². The number of alkyl halides is 2. The van der Waals surface area contributed by atoms with Gasteiger partial charge in [0.15, 0.2) is 0 Å². The smallest absolute Gasteiger partial charge is 0.431 e. The van der Waals surface area contributed by atoms with Gasteiger partial charge in [0.05, 0.1) is 35.5 Å². The fourth-order valence-electron chi connectivity index (χ4n) is 4.90. The number of para-hydroxylation sites is 2. The summed E-state index contributed by atoms with van der Waals surface area (Å²) >= 11 is 0. The van der Waals surface area contributed by atoms with Crippen LogP contribution in [0.3, 0.4) is 0 Å². The van der Waals surface area contributed by atoms with Crippen LogP contribution in [0, 0.1) is 5.92 Å². The van der Waals surface area contributed by atoms with Crippen LogP contribution in [0.25, 0.3) is 11.0 Å². The third kappa shape index (κ3) is 7.43. The molecule has 0 aliphatic heterocycles. The van der Waals surface area contributed by atoms with Crippen molar-refractivity contribution < 1.29 is 38.5 Å². The van der Waals surface area contributed by atoms with Crippen LogP contribution in [0.2, 0.25) is 0 Å². The van der Waals surface area contributed by atoms with Crippen LogP contribution in [-0.4, -0.2) is 67.7 Å². The number of nitrogens with one attached hydrogen (secondary N) is 2. The topological polar surface area (TPSA) is 154 Å². The summed E-state index contributed by atoms with van der Waals surface area (Å²) < 4.78 is 32.8. The molecule has 5 N–H and O–H groups in total. The lowest BCUT2D eigenvalue weighted by atomic mass is 9.78. The zero-order chi connectivity index (χ0) is 28.0. The number of hydroxylamine groups is 1. The molecule has 1 aromatic heterocycles. The Morgan fingerprint density at radius 2 is 1.79 bits per heavy atom. The molecule has 0 radical (unpaired) electrons. The lowest BCUT2D eigenvalue weighted by Crippen LogP contribution is -2.50. The highest BCUT2D eigenvalue weighted by molar-refractivity contribution is 5.94. The number of aliphatic hydroxyl groups is 2. The van der Waals surface area contributed by atoms with Crippen molar-refractivity contribution >= 4 is 23.0 Å². The highest BCUT2D eigenvalue weighted by atomic mass is 19.3. The third-order valence-electron chi connectivity index (χ3n) is 6.91. The number of hydrogen-bond donors (Lipinski definition) is 5. The van der Waals surface area contributed by atoms with Crippen molar-refractivity contribution in [3.63, 3.8) is 0 Å². The van der Waals surface area contributed by atoms with E-state index in [2.05, 4.69) is 15.3 Å². The maximum Gasteiger partial charge on any atom is 0.431 e. The minimum Gasteiger partial charge on any atom is -0.444 e. The van der Waals surface area contributed by atoms with E-state index in [1.54, 1.807) is 36.4 Å². The third-order valence-corrected chi connectivity index (χ3v) is 6.91. The Kier molecular flexibility index (Phi) is 9.00. The van der Waals surface area contributed by atoms with Crippen LogP contribution >= 0.6 is 0 Å². The summed E-state index contributed by atoms with van der Waals surface area (Å²) in [6, 6.07) is 15.1. The number of rotatable bonds is 9. The minimum atomic E-state index is -3.07. The van der Waals surface area contributed by atoms with Crippen molar-refractivity contribution in [2.24, 2.45) is 5.92 Å². The predicted molar refractivity (Wildman–Crippen MR) is 135 cm³/mol. The lowest BCUT2D eigenvalue weighted by molar-refractivity contribution is -0.126. The Morgan fingerprint density at radius 1 is 1.10 bits per heavy atom. The summed E-state index contributed by atoms with van der Waals surface area (Å²) in [5.41, 5.74) is 3.25. The quantitative estimate of drug-likeness (QED) is 0.204. The van der Waals surface area contributed by atoms with E-state index in [9.17, 15) is 28.6 Å². The van der Waals surface area contributed by atoms with Crippen molar-refractivity contribution in [1.29, 1.82) is 0 Å². The van der Waals surface area contributed by atoms with Gasteiger partial charge in [0, 0.05) is 25.2 Å². The molecule has 12 heteroatoms. The normalized spacial score (nSPS) is 20.9. The van der Waals surface area contributed by atoms with Crippen LogP contribution in [0.5, 0.6) is 0 Å². The standard InChI is InChI=1S/C27H30F2N4O6/c28-27(29)11-10-17(23(35)14-27)24(39-26(37)33-38)13-22(34)20(12-16-6-2-1-3-7-16)32-25(36)21-15-30-18-8-4-5-9-19(18)31-21/h1-9,15,17,20,22-24,34-35,38H,10-14H2,(H,32,36)(H,33,37). The van der Waals surface area contributed by atoms with E-state index >= 15 is 0 Å². The van der Waals surface area contributed by atoms with Gasteiger partial charge < -0.3 is 20.3 Å². The molecule has 5 atom stereocenters. The van der Waals surface area contributed by atoms with Gasteiger partial charge in [-0.05, 0) is 30.5 Å². The largest absolute Gasteiger partial charge is 0.444 e. The predicted octanol–water partition coefficient (Wildman–Crippen LogP) is 3.00. The average Bonchev–Trinajstić information content (AvgIpc) is 2.92. The Labute approximate surface area is 223 Å². The van der Waals surface area contributed by atoms with E-state index in [0.29, 0.717) is 11.0 Å². The molecule has 4 rings (SSSR count). The fourth-order valence-corrected chi connectivity index (χ4v) is 4.90. The first kappa shape index (κ1) is 28.3. The van der Waals surface area contributed by atoms with Crippen molar-refractivity contribution in [3.05, 3.63) is 72.1 Å². The zero-order valence-electron chi connectivity index (χ0n) is 20.9. The second-order valence-electron chi connectivity index (χ2n) is 9.70. The first-order chi connectivity index (χ1) is 18.6. The van der Waals surface area contributed by atoms with E-state index in [0.717, 1.165) is 5.56 Å². The number of fused-ring (bicyclic) bond motifs is 1. The highest BCUT2D eigenvalue weighted by Crippen LogP contribution is 2.39. The van der Waals surface area contributed by atoms with Crippen molar-refractivity contribution in [2.75, 3.05) is 0 Å². The Morgan fingerprint density at radius 3 is 2.49 bits per heavy atom. The van der Waals surface area contributed by atoms with Gasteiger partial charge in [0.1, 0.15) is 11.8 Å². The van der Waals surface area contributed by atoms with Crippen LogP contribution < -0.4 is 10.8 Å². The second-order valence-corrected chi connectivity index (χ2v) is 9.70. The second kappa shape index (κ2) is 12.4. The van der Waals surface area contributed by atoms with Gasteiger partial charge in [-0.1, -0.05) is 42.5 Å². The van der Waals surface area contributed by atoms with E-state index in [1.165, 1.54) is 11.7 Å². The molecule has 3 aromatic rings. The molecule has 39 heavy (non-hydrogen) atoms. The van der Waals surface area contributed by atoms with Gasteiger partial charge >= 0.3 is 6.09 Å². The molecule has 1 saturated carbocycles. The number of aromatic nitrogens is 2. The molecule has 0 bridgehead atoms. The van der Waals surface area contributed by atoms with Gasteiger partial charge in [-0.15, -0.1) is 0 Å². The van der Waals surface area contributed by atoms with E-state index in [1.807, 2.05) is 18.2 Å².